The highest BCUT2D eigenvalue weighted by Crippen LogP contribution is 2.31. The number of aliphatic carboxylic acids is 2. The van der Waals surface area contributed by atoms with Crippen LogP contribution in [-0.2, 0) is 9.59 Å². The number of aliphatic hydroxyl groups excluding tert-OH is 1. The molecule has 0 radical (unpaired) electrons. The SMILES string of the molecule is CC(O)C1CCCN1.C[C@]1(C(=O)O)C=CC=C(C(=O)O)C1. The third kappa shape index (κ3) is 4.99. The molecule has 6 nitrogen and oxygen atoms in total. The molecule has 2 unspecified atom stereocenters. The molecule has 0 aromatic heterocycles. The summed E-state index contributed by atoms with van der Waals surface area (Å²) in [5.41, 5.74) is -0.949. The van der Waals surface area contributed by atoms with Crippen LogP contribution in [0.1, 0.15) is 33.1 Å². The lowest BCUT2D eigenvalue weighted by molar-refractivity contribution is -0.145. The number of carboxylic acids is 2. The molecule has 1 aliphatic carbocycles. The van der Waals surface area contributed by atoms with Gasteiger partial charge in [0, 0.05) is 11.6 Å². The summed E-state index contributed by atoms with van der Waals surface area (Å²) < 4.78 is 0. The predicted molar refractivity (Wildman–Crippen MR) is 77.9 cm³/mol. The highest BCUT2D eigenvalue weighted by atomic mass is 16.4. The number of hydrogen-bond donors (Lipinski definition) is 4. The van der Waals surface area contributed by atoms with Crippen molar-refractivity contribution in [1.29, 1.82) is 0 Å². The first-order valence-electron chi connectivity index (χ1n) is 7.03. The van der Waals surface area contributed by atoms with Gasteiger partial charge in [0.25, 0.3) is 0 Å². The molecule has 1 fully saturated rings. The second-order valence-corrected chi connectivity index (χ2v) is 5.70. The van der Waals surface area contributed by atoms with E-state index in [1.165, 1.54) is 31.6 Å². The Labute approximate surface area is 124 Å². The van der Waals surface area contributed by atoms with E-state index in [1.807, 2.05) is 6.92 Å². The molecule has 4 N–H and O–H groups in total. The van der Waals surface area contributed by atoms with Crippen molar-refractivity contribution >= 4 is 11.9 Å². The van der Waals surface area contributed by atoms with Crippen molar-refractivity contribution in [2.75, 3.05) is 6.54 Å². The summed E-state index contributed by atoms with van der Waals surface area (Å²) in [6.07, 6.45) is 6.62. The molecule has 21 heavy (non-hydrogen) atoms. The number of hydrogen-bond acceptors (Lipinski definition) is 4. The van der Waals surface area contributed by atoms with Crippen molar-refractivity contribution in [2.45, 2.75) is 45.3 Å². The maximum atomic E-state index is 10.8. The smallest absolute Gasteiger partial charge is 0.331 e. The normalized spacial score (nSPS) is 29.1. The maximum Gasteiger partial charge on any atom is 0.331 e. The van der Waals surface area contributed by atoms with E-state index in [4.69, 9.17) is 15.3 Å². The Morgan fingerprint density at radius 1 is 1.43 bits per heavy atom. The number of rotatable bonds is 3. The Bertz CT molecular complexity index is 449. The second-order valence-electron chi connectivity index (χ2n) is 5.70. The molecule has 118 valence electrons. The first-order valence-corrected chi connectivity index (χ1v) is 7.03. The first-order chi connectivity index (χ1) is 9.76. The predicted octanol–water partition coefficient (Wildman–Crippen LogP) is 1.17. The van der Waals surface area contributed by atoms with Crippen LogP contribution in [0.2, 0.25) is 0 Å². The minimum Gasteiger partial charge on any atom is -0.481 e. The van der Waals surface area contributed by atoms with Crippen LogP contribution in [0.15, 0.2) is 23.8 Å². The number of nitrogens with one attached hydrogen (secondary N) is 1. The molecular weight excluding hydrogens is 274 g/mol. The van der Waals surface area contributed by atoms with Crippen LogP contribution in [0.3, 0.4) is 0 Å². The van der Waals surface area contributed by atoms with Crippen molar-refractivity contribution in [2.24, 2.45) is 5.41 Å². The van der Waals surface area contributed by atoms with E-state index in [0.29, 0.717) is 6.04 Å². The van der Waals surface area contributed by atoms with E-state index in [2.05, 4.69) is 5.32 Å². The van der Waals surface area contributed by atoms with Gasteiger partial charge in [0.05, 0.1) is 11.5 Å². The lowest BCUT2D eigenvalue weighted by atomic mass is 9.80. The lowest BCUT2D eigenvalue weighted by Gasteiger charge is -2.23. The fourth-order valence-electron chi connectivity index (χ4n) is 2.31. The molecule has 0 amide bonds. The van der Waals surface area contributed by atoms with E-state index >= 15 is 0 Å². The molecule has 0 bridgehead atoms. The zero-order chi connectivity index (χ0) is 16.0. The maximum absolute atomic E-state index is 10.8. The van der Waals surface area contributed by atoms with Gasteiger partial charge in [-0.15, -0.1) is 0 Å². The second kappa shape index (κ2) is 7.38. The molecule has 0 spiro atoms. The molecular formula is C15H23NO5. The van der Waals surface area contributed by atoms with Crippen molar-refractivity contribution in [1.82, 2.24) is 5.32 Å². The van der Waals surface area contributed by atoms with E-state index in [1.54, 1.807) is 0 Å². The van der Waals surface area contributed by atoms with Gasteiger partial charge in [0.1, 0.15) is 0 Å². The zero-order valence-corrected chi connectivity index (χ0v) is 12.4. The van der Waals surface area contributed by atoms with Crippen LogP contribution in [-0.4, -0.2) is 45.9 Å². The van der Waals surface area contributed by atoms with Crippen LogP contribution < -0.4 is 5.32 Å². The van der Waals surface area contributed by atoms with Gasteiger partial charge in [-0.1, -0.05) is 18.2 Å². The van der Waals surface area contributed by atoms with Gasteiger partial charge in [-0.3, -0.25) is 4.79 Å². The molecule has 0 aromatic rings. The molecule has 2 aliphatic rings. The molecule has 6 heteroatoms. The third-order valence-electron chi connectivity index (χ3n) is 3.76. The third-order valence-corrected chi connectivity index (χ3v) is 3.76. The van der Waals surface area contributed by atoms with Crippen molar-refractivity contribution in [3.63, 3.8) is 0 Å². The average molecular weight is 297 g/mol. The molecule has 2 rings (SSSR count). The van der Waals surface area contributed by atoms with E-state index in [-0.39, 0.29) is 18.1 Å². The Morgan fingerprint density at radius 2 is 2.10 bits per heavy atom. The molecule has 0 aromatic carbocycles. The van der Waals surface area contributed by atoms with Crippen molar-refractivity contribution in [3.8, 4) is 0 Å². The Balaban J connectivity index is 0.000000235. The summed E-state index contributed by atoms with van der Waals surface area (Å²) in [5.74, 6) is -2.06. The van der Waals surface area contributed by atoms with Gasteiger partial charge in [0.2, 0.25) is 0 Å². The molecule has 1 saturated heterocycles. The number of carboxylic acid groups (broad SMARTS) is 2. The van der Waals surface area contributed by atoms with Crippen molar-refractivity contribution in [3.05, 3.63) is 23.8 Å². The van der Waals surface area contributed by atoms with Crippen LogP contribution in [0.25, 0.3) is 0 Å². The minimum atomic E-state index is -1.08. The monoisotopic (exact) mass is 297 g/mol. The summed E-state index contributed by atoms with van der Waals surface area (Å²) >= 11 is 0. The standard InChI is InChI=1S/C9H10O4.C6H13NO/c1-9(8(12)13)4-2-3-6(5-9)7(10)11;1-5(8)6-3-2-4-7-6/h2-4H,5H2,1H3,(H,10,11)(H,12,13);5-8H,2-4H2,1H3/t9-;/m0./s1. The van der Waals surface area contributed by atoms with Gasteiger partial charge >= 0.3 is 11.9 Å². The highest BCUT2D eigenvalue weighted by Gasteiger charge is 2.34. The van der Waals surface area contributed by atoms with Crippen LogP contribution in [0.4, 0.5) is 0 Å². The van der Waals surface area contributed by atoms with Crippen LogP contribution in [0.5, 0.6) is 0 Å². The van der Waals surface area contributed by atoms with Gasteiger partial charge in [-0.2, -0.15) is 0 Å². The summed E-state index contributed by atoms with van der Waals surface area (Å²) in [5, 5.41) is 29.7. The van der Waals surface area contributed by atoms with Crippen LogP contribution >= 0.6 is 0 Å². The van der Waals surface area contributed by atoms with E-state index in [0.717, 1.165) is 13.0 Å². The van der Waals surface area contributed by atoms with Gasteiger partial charge < -0.3 is 20.6 Å². The largest absolute Gasteiger partial charge is 0.481 e. The molecule has 1 aliphatic heterocycles. The molecule has 3 atom stereocenters. The summed E-state index contributed by atoms with van der Waals surface area (Å²) in [6.45, 7) is 4.42. The van der Waals surface area contributed by atoms with E-state index < -0.39 is 17.4 Å². The Kier molecular flexibility index (Phi) is 6.11. The fraction of sp³-hybridized carbons (Fsp3) is 0.600. The zero-order valence-electron chi connectivity index (χ0n) is 12.4. The fourth-order valence-corrected chi connectivity index (χ4v) is 2.31. The highest BCUT2D eigenvalue weighted by molar-refractivity contribution is 5.90. The van der Waals surface area contributed by atoms with Gasteiger partial charge in [0.15, 0.2) is 0 Å². The average Bonchev–Trinajstić information content (AvgIpc) is 2.93. The summed E-state index contributed by atoms with van der Waals surface area (Å²) in [4.78, 5) is 21.3. The minimum absolute atomic E-state index is 0.0359. The number of carbonyl (C=O) groups is 2. The van der Waals surface area contributed by atoms with Crippen LogP contribution in [0, 0.1) is 5.41 Å². The van der Waals surface area contributed by atoms with Gasteiger partial charge in [-0.25, -0.2) is 4.79 Å². The van der Waals surface area contributed by atoms with Crippen molar-refractivity contribution < 1.29 is 24.9 Å². The Hall–Kier alpha value is -1.66. The first kappa shape index (κ1) is 17.4. The lowest BCUT2D eigenvalue weighted by Crippen LogP contribution is -2.32. The molecule has 0 saturated carbocycles. The summed E-state index contributed by atoms with van der Waals surface area (Å²) in [7, 11) is 0. The number of allylic oxidation sites excluding steroid dienone is 2. The topological polar surface area (TPSA) is 107 Å². The Morgan fingerprint density at radius 3 is 2.48 bits per heavy atom. The number of aliphatic hydroxyl groups is 1. The molecule has 1 heterocycles. The van der Waals surface area contributed by atoms with E-state index in [9.17, 15) is 9.59 Å². The van der Waals surface area contributed by atoms with Gasteiger partial charge in [-0.05, 0) is 39.7 Å². The summed E-state index contributed by atoms with van der Waals surface area (Å²) in [6, 6.07) is 0.370. The quantitative estimate of drug-likeness (QED) is 0.623.